The van der Waals surface area contributed by atoms with Gasteiger partial charge in [-0.25, -0.2) is 0 Å². The summed E-state index contributed by atoms with van der Waals surface area (Å²) >= 11 is 0. The number of hydrogen-bond acceptors (Lipinski definition) is 3. The molecule has 33 heavy (non-hydrogen) atoms. The van der Waals surface area contributed by atoms with Crippen molar-refractivity contribution in [2.24, 2.45) is 11.8 Å². The lowest BCUT2D eigenvalue weighted by atomic mass is 9.82. The molecule has 0 N–H and O–H groups in total. The van der Waals surface area contributed by atoms with E-state index in [-0.39, 0.29) is 35.6 Å². The Labute approximate surface area is 195 Å². The summed E-state index contributed by atoms with van der Waals surface area (Å²) < 4.78 is 0. The Kier molecular flexibility index (Phi) is 6.16. The molecule has 2 aliphatic heterocycles. The summed E-state index contributed by atoms with van der Waals surface area (Å²) in [5.74, 6) is 0.385. The average Bonchev–Trinajstić information content (AvgIpc) is 3.71. The normalized spacial score (nSPS) is 23.5. The van der Waals surface area contributed by atoms with Gasteiger partial charge in [0.05, 0.1) is 12.0 Å². The van der Waals surface area contributed by atoms with Crippen molar-refractivity contribution in [2.45, 2.75) is 38.3 Å². The second kappa shape index (κ2) is 9.38. The van der Waals surface area contributed by atoms with Gasteiger partial charge in [-0.1, -0.05) is 60.7 Å². The number of carbonyl (C=O) groups excluding carboxylic acids is 3. The lowest BCUT2D eigenvalue weighted by molar-refractivity contribution is -0.151. The van der Waals surface area contributed by atoms with E-state index in [1.165, 1.54) is 0 Å². The molecule has 6 nitrogen and oxygen atoms in total. The third kappa shape index (κ3) is 4.65. The minimum atomic E-state index is -0.286. The van der Waals surface area contributed by atoms with Crippen LogP contribution in [0, 0.1) is 11.8 Å². The minimum absolute atomic E-state index is 0.0941. The lowest BCUT2D eigenvalue weighted by Crippen LogP contribution is -2.55. The summed E-state index contributed by atoms with van der Waals surface area (Å²) in [4.78, 5) is 44.9. The molecule has 0 spiro atoms. The molecule has 3 aliphatic rings. The van der Waals surface area contributed by atoms with Gasteiger partial charge in [0.2, 0.25) is 17.7 Å². The first-order valence-corrected chi connectivity index (χ1v) is 12.1. The third-order valence-electron chi connectivity index (χ3n) is 7.19. The van der Waals surface area contributed by atoms with Gasteiger partial charge in [-0.2, -0.15) is 0 Å². The summed E-state index contributed by atoms with van der Waals surface area (Å²) in [5, 5.41) is 0. The minimum Gasteiger partial charge on any atom is -0.339 e. The zero-order valence-corrected chi connectivity index (χ0v) is 18.9. The van der Waals surface area contributed by atoms with Crippen molar-refractivity contribution >= 4 is 17.7 Å². The van der Waals surface area contributed by atoms with E-state index < -0.39 is 0 Å². The molecule has 0 radical (unpaired) electrons. The molecule has 0 bridgehead atoms. The van der Waals surface area contributed by atoms with Crippen molar-refractivity contribution in [1.29, 1.82) is 0 Å². The van der Waals surface area contributed by atoms with Crippen LogP contribution < -0.4 is 0 Å². The third-order valence-corrected chi connectivity index (χ3v) is 7.19. The molecule has 3 fully saturated rings. The fraction of sp³-hybridized carbons (Fsp3) is 0.444. The van der Waals surface area contributed by atoms with Gasteiger partial charge in [0.1, 0.15) is 0 Å². The quantitative estimate of drug-likeness (QED) is 0.710. The Balaban J connectivity index is 1.36. The molecule has 2 heterocycles. The number of benzene rings is 2. The lowest BCUT2D eigenvalue weighted by Gasteiger charge is -2.44. The van der Waals surface area contributed by atoms with Crippen LogP contribution >= 0.6 is 0 Å². The number of likely N-dealkylation sites (tertiary alicyclic amines) is 1. The summed E-state index contributed by atoms with van der Waals surface area (Å²) in [6, 6.07) is 19.6. The molecule has 1 saturated carbocycles. The SMILES string of the molecule is O=C(C1CC1)N1CCN(C(=O)C2CCC(=O)N(Cc3ccccc3)C2c2ccccc2)CC1. The highest BCUT2D eigenvalue weighted by atomic mass is 16.2. The van der Waals surface area contributed by atoms with Crippen LogP contribution in [-0.2, 0) is 20.9 Å². The maximum Gasteiger partial charge on any atom is 0.228 e. The first-order valence-electron chi connectivity index (χ1n) is 12.1. The highest BCUT2D eigenvalue weighted by molar-refractivity contribution is 5.86. The zero-order valence-electron chi connectivity index (χ0n) is 18.9. The van der Waals surface area contributed by atoms with Crippen LogP contribution in [0.1, 0.15) is 42.9 Å². The van der Waals surface area contributed by atoms with E-state index in [2.05, 4.69) is 0 Å². The number of piperazine rings is 1. The van der Waals surface area contributed by atoms with Crippen LogP contribution in [0.2, 0.25) is 0 Å². The van der Waals surface area contributed by atoms with Crippen molar-refractivity contribution in [1.82, 2.24) is 14.7 Å². The van der Waals surface area contributed by atoms with Crippen LogP contribution in [0.4, 0.5) is 0 Å². The maximum atomic E-state index is 13.7. The first kappa shape index (κ1) is 21.7. The van der Waals surface area contributed by atoms with Gasteiger partial charge < -0.3 is 14.7 Å². The molecule has 2 saturated heterocycles. The molecule has 2 aromatic carbocycles. The van der Waals surface area contributed by atoms with E-state index in [1.54, 1.807) is 0 Å². The van der Waals surface area contributed by atoms with E-state index in [1.807, 2.05) is 75.4 Å². The molecule has 2 aromatic rings. The van der Waals surface area contributed by atoms with Gasteiger partial charge >= 0.3 is 0 Å². The largest absolute Gasteiger partial charge is 0.339 e. The van der Waals surface area contributed by atoms with Crippen molar-refractivity contribution in [2.75, 3.05) is 26.2 Å². The number of amides is 3. The molecule has 0 aromatic heterocycles. The monoisotopic (exact) mass is 445 g/mol. The Hall–Kier alpha value is -3.15. The van der Waals surface area contributed by atoms with Crippen LogP contribution in [0.5, 0.6) is 0 Å². The van der Waals surface area contributed by atoms with Gasteiger partial charge in [-0.3, -0.25) is 14.4 Å². The molecule has 172 valence electrons. The Morgan fingerprint density at radius 2 is 1.33 bits per heavy atom. The van der Waals surface area contributed by atoms with Gasteiger partial charge in [0.15, 0.2) is 0 Å². The van der Waals surface area contributed by atoms with Gasteiger partial charge in [0.25, 0.3) is 0 Å². The summed E-state index contributed by atoms with van der Waals surface area (Å²) in [6.45, 7) is 2.85. The molecule has 5 rings (SSSR count). The maximum absolute atomic E-state index is 13.7. The Morgan fingerprint density at radius 1 is 0.758 bits per heavy atom. The topological polar surface area (TPSA) is 60.9 Å². The van der Waals surface area contributed by atoms with E-state index in [0.717, 1.165) is 24.0 Å². The van der Waals surface area contributed by atoms with Gasteiger partial charge in [0, 0.05) is 45.1 Å². The number of hydrogen-bond donors (Lipinski definition) is 0. The van der Waals surface area contributed by atoms with Crippen LogP contribution in [0.15, 0.2) is 60.7 Å². The number of carbonyl (C=O) groups is 3. The van der Waals surface area contributed by atoms with Crippen molar-refractivity contribution in [3.8, 4) is 0 Å². The van der Waals surface area contributed by atoms with Crippen molar-refractivity contribution in [3.63, 3.8) is 0 Å². The second-order valence-corrected chi connectivity index (χ2v) is 9.43. The molecular formula is C27H31N3O3. The van der Waals surface area contributed by atoms with Crippen LogP contribution in [0.3, 0.4) is 0 Å². The fourth-order valence-electron chi connectivity index (χ4n) is 5.21. The van der Waals surface area contributed by atoms with Crippen LogP contribution in [-0.4, -0.2) is 58.6 Å². The average molecular weight is 446 g/mol. The highest BCUT2D eigenvalue weighted by Gasteiger charge is 2.43. The highest BCUT2D eigenvalue weighted by Crippen LogP contribution is 2.39. The standard InChI is InChI=1S/C27H31N3O3/c31-24-14-13-23(27(33)29-17-15-28(16-18-29)26(32)22-11-12-22)25(21-9-5-2-6-10-21)30(24)19-20-7-3-1-4-8-20/h1-10,22-23,25H,11-19H2. The number of rotatable bonds is 5. The van der Waals surface area contributed by atoms with Crippen molar-refractivity contribution < 1.29 is 14.4 Å². The van der Waals surface area contributed by atoms with E-state index >= 15 is 0 Å². The van der Waals surface area contributed by atoms with Gasteiger partial charge in [-0.05, 0) is 30.4 Å². The van der Waals surface area contributed by atoms with Crippen molar-refractivity contribution in [3.05, 3.63) is 71.8 Å². The Morgan fingerprint density at radius 3 is 1.94 bits per heavy atom. The van der Waals surface area contributed by atoms with E-state index in [0.29, 0.717) is 45.6 Å². The summed E-state index contributed by atoms with van der Waals surface area (Å²) in [5.41, 5.74) is 2.06. The van der Waals surface area contributed by atoms with Gasteiger partial charge in [-0.15, -0.1) is 0 Å². The number of piperidine rings is 1. The predicted octanol–water partition coefficient (Wildman–Crippen LogP) is 3.25. The molecule has 3 amide bonds. The first-order chi connectivity index (χ1) is 16.1. The van der Waals surface area contributed by atoms with E-state index in [4.69, 9.17) is 0 Å². The smallest absolute Gasteiger partial charge is 0.228 e. The van der Waals surface area contributed by atoms with E-state index in [9.17, 15) is 14.4 Å². The predicted molar refractivity (Wildman–Crippen MR) is 125 cm³/mol. The molecule has 2 atom stereocenters. The fourth-order valence-corrected chi connectivity index (χ4v) is 5.21. The summed E-state index contributed by atoms with van der Waals surface area (Å²) in [7, 11) is 0. The van der Waals surface area contributed by atoms with Crippen LogP contribution in [0.25, 0.3) is 0 Å². The number of nitrogens with zero attached hydrogens (tertiary/aromatic N) is 3. The molecule has 6 heteroatoms. The Bertz CT molecular complexity index is 998. The second-order valence-electron chi connectivity index (χ2n) is 9.43. The zero-order chi connectivity index (χ0) is 22.8. The molecular weight excluding hydrogens is 414 g/mol. The summed E-state index contributed by atoms with van der Waals surface area (Å²) in [6.07, 6.45) is 2.95. The molecule has 2 unspecified atom stereocenters. The molecule has 1 aliphatic carbocycles.